The SMILES string of the molecule is CCCc1[nH+]c(C)[nH+]c(C)[nH+]1. The van der Waals surface area contributed by atoms with Crippen LogP contribution in [0.15, 0.2) is 0 Å². The molecule has 0 aliphatic rings. The average Bonchev–Trinajstić information content (AvgIpc) is 1.85. The maximum atomic E-state index is 3.24. The molecule has 3 heteroatoms. The molecule has 1 heterocycles. The molecule has 0 saturated carbocycles. The lowest BCUT2D eigenvalue weighted by Crippen LogP contribution is -2.40. The Morgan fingerprint density at radius 1 is 1.00 bits per heavy atom. The molecular weight excluding hydrogens is 138 g/mol. The Hall–Kier alpha value is -0.990. The van der Waals surface area contributed by atoms with E-state index in [1.807, 2.05) is 13.8 Å². The van der Waals surface area contributed by atoms with Gasteiger partial charge in [-0.05, 0) is 6.42 Å². The van der Waals surface area contributed by atoms with Gasteiger partial charge in [0, 0.05) is 0 Å². The highest BCUT2D eigenvalue weighted by molar-refractivity contribution is 4.64. The zero-order valence-electron chi connectivity index (χ0n) is 7.41. The number of rotatable bonds is 2. The molecular formula is C8H16N3+3. The lowest BCUT2D eigenvalue weighted by atomic mass is 10.3. The fourth-order valence-electron chi connectivity index (χ4n) is 1.20. The van der Waals surface area contributed by atoms with Gasteiger partial charge in [-0.25, -0.2) is 0 Å². The van der Waals surface area contributed by atoms with Crippen molar-refractivity contribution >= 4 is 0 Å². The zero-order valence-corrected chi connectivity index (χ0v) is 7.41. The number of aryl methyl sites for hydroxylation is 3. The van der Waals surface area contributed by atoms with Gasteiger partial charge in [0.05, 0.1) is 20.3 Å². The van der Waals surface area contributed by atoms with Gasteiger partial charge in [0.2, 0.25) is 0 Å². The highest BCUT2D eigenvalue weighted by Crippen LogP contribution is 1.84. The number of nitrogens with one attached hydrogen (secondary N) is 3. The van der Waals surface area contributed by atoms with Crippen molar-refractivity contribution in [2.45, 2.75) is 33.6 Å². The first-order valence-electron chi connectivity index (χ1n) is 4.06. The van der Waals surface area contributed by atoms with E-state index < -0.39 is 0 Å². The molecule has 1 aromatic rings. The average molecular weight is 154 g/mol. The Balaban J connectivity index is 2.89. The van der Waals surface area contributed by atoms with Crippen LogP contribution in [0.3, 0.4) is 0 Å². The summed E-state index contributed by atoms with van der Waals surface area (Å²) < 4.78 is 0. The number of aromatic nitrogens is 3. The first-order valence-corrected chi connectivity index (χ1v) is 4.06. The fourth-order valence-corrected chi connectivity index (χ4v) is 1.20. The van der Waals surface area contributed by atoms with Crippen molar-refractivity contribution in [2.24, 2.45) is 0 Å². The number of aromatic amines is 3. The maximum Gasteiger partial charge on any atom is 0.424 e. The Morgan fingerprint density at radius 2 is 1.55 bits per heavy atom. The predicted octanol–water partition coefficient (Wildman–Crippen LogP) is -0.302. The van der Waals surface area contributed by atoms with Crippen LogP contribution in [0.1, 0.15) is 30.8 Å². The van der Waals surface area contributed by atoms with E-state index in [4.69, 9.17) is 0 Å². The van der Waals surface area contributed by atoms with Gasteiger partial charge in [-0.3, -0.25) is 0 Å². The van der Waals surface area contributed by atoms with Gasteiger partial charge in [-0.1, -0.05) is 16.9 Å². The van der Waals surface area contributed by atoms with Crippen LogP contribution in [0, 0.1) is 13.8 Å². The van der Waals surface area contributed by atoms with E-state index in [1.165, 1.54) is 5.82 Å². The van der Waals surface area contributed by atoms with Crippen molar-refractivity contribution < 1.29 is 15.0 Å². The molecule has 11 heavy (non-hydrogen) atoms. The van der Waals surface area contributed by atoms with Gasteiger partial charge in [0.15, 0.2) is 0 Å². The molecule has 60 valence electrons. The summed E-state index contributed by atoms with van der Waals surface area (Å²) >= 11 is 0. The summed E-state index contributed by atoms with van der Waals surface area (Å²) in [6.07, 6.45) is 2.24. The molecule has 0 fully saturated rings. The molecule has 0 bridgehead atoms. The van der Waals surface area contributed by atoms with Crippen LogP contribution in [0.2, 0.25) is 0 Å². The molecule has 0 aliphatic carbocycles. The van der Waals surface area contributed by atoms with Gasteiger partial charge < -0.3 is 0 Å². The molecule has 0 unspecified atom stereocenters. The standard InChI is InChI=1S/C8H13N3/c1-4-5-8-10-6(2)9-7(3)11-8/h4-5H2,1-3H3/p+3. The van der Waals surface area contributed by atoms with Crippen molar-refractivity contribution in [1.82, 2.24) is 0 Å². The monoisotopic (exact) mass is 154 g/mol. The first kappa shape index (κ1) is 8.11. The second-order valence-electron chi connectivity index (χ2n) is 2.85. The summed E-state index contributed by atoms with van der Waals surface area (Å²) in [5, 5.41) is 0. The summed E-state index contributed by atoms with van der Waals surface area (Å²) in [4.78, 5) is 9.63. The summed E-state index contributed by atoms with van der Waals surface area (Å²) in [6, 6.07) is 0. The largest absolute Gasteiger partial charge is 0.424 e. The summed E-state index contributed by atoms with van der Waals surface area (Å²) in [7, 11) is 0. The van der Waals surface area contributed by atoms with E-state index >= 15 is 0 Å². The van der Waals surface area contributed by atoms with Crippen LogP contribution in [0.4, 0.5) is 0 Å². The van der Waals surface area contributed by atoms with Crippen molar-refractivity contribution in [1.29, 1.82) is 0 Å². The maximum absolute atomic E-state index is 3.24. The molecule has 0 aliphatic heterocycles. The zero-order chi connectivity index (χ0) is 8.27. The van der Waals surface area contributed by atoms with Crippen LogP contribution >= 0.6 is 0 Å². The Kier molecular flexibility index (Phi) is 2.52. The van der Waals surface area contributed by atoms with E-state index in [0.717, 1.165) is 24.5 Å². The third-order valence-corrected chi connectivity index (χ3v) is 1.55. The Labute approximate surface area is 66.9 Å². The van der Waals surface area contributed by atoms with Gasteiger partial charge in [-0.2, -0.15) is 0 Å². The topological polar surface area (TPSA) is 42.4 Å². The molecule has 0 radical (unpaired) electrons. The quantitative estimate of drug-likeness (QED) is 0.561. The predicted molar refractivity (Wildman–Crippen MR) is 39.6 cm³/mol. The molecule has 3 nitrogen and oxygen atoms in total. The van der Waals surface area contributed by atoms with E-state index in [0.29, 0.717) is 0 Å². The normalized spacial score (nSPS) is 10.1. The van der Waals surface area contributed by atoms with E-state index in [1.54, 1.807) is 0 Å². The van der Waals surface area contributed by atoms with Crippen molar-refractivity contribution in [3.05, 3.63) is 17.5 Å². The second-order valence-corrected chi connectivity index (χ2v) is 2.85. The third kappa shape index (κ3) is 2.26. The van der Waals surface area contributed by atoms with Gasteiger partial charge in [0.25, 0.3) is 0 Å². The van der Waals surface area contributed by atoms with Gasteiger partial charge in [-0.15, -0.1) is 4.98 Å². The number of H-pyrrole nitrogens is 3. The smallest absolute Gasteiger partial charge is 0.100 e. The third-order valence-electron chi connectivity index (χ3n) is 1.55. The van der Waals surface area contributed by atoms with Crippen LogP contribution in [0.5, 0.6) is 0 Å². The molecule has 0 amide bonds. The summed E-state index contributed by atoms with van der Waals surface area (Å²) in [5.74, 6) is 3.40. The molecule has 1 rings (SSSR count). The van der Waals surface area contributed by atoms with Crippen molar-refractivity contribution in [3.63, 3.8) is 0 Å². The molecule has 3 N–H and O–H groups in total. The van der Waals surface area contributed by atoms with Crippen LogP contribution in [-0.2, 0) is 6.42 Å². The van der Waals surface area contributed by atoms with Crippen LogP contribution in [0.25, 0.3) is 0 Å². The second kappa shape index (κ2) is 3.42. The minimum Gasteiger partial charge on any atom is -0.100 e. The molecule has 1 aromatic heterocycles. The Morgan fingerprint density at radius 3 is 2.00 bits per heavy atom. The van der Waals surface area contributed by atoms with Crippen LogP contribution in [-0.4, -0.2) is 0 Å². The van der Waals surface area contributed by atoms with E-state index in [-0.39, 0.29) is 0 Å². The summed E-state index contributed by atoms with van der Waals surface area (Å²) in [6.45, 7) is 6.23. The van der Waals surface area contributed by atoms with Gasteiger partial charge in [0.1, 0.15) is 0 Å². The first-order chi connectivity index (χ1) is 5.22. The molecule has 0 aromatic carbocycles. The molecule has 0 saturated heterocycles. The lowest BCUT2D eigenvalue weighted by Gasteiger charge is -1.82. The van der Waals surface area contributed by atoms with Crippen molar-refractivity contribution in [2.75, 3.05) is 0 Å². The lowest BCUT2D eigenvalue weighted by molar-refractivity contribution is -0.687. The highest BCUT2D eigenvalue weighted by Gasteiger charge is 2.17. The number of hydrogen-bond donors (Lipinski definition) is 0. The highest BCUT2D eigenvalue weighted by atomic mass is 15.0. The van der Waals surface area contributed by atoms with E-state index in [9.17, 15) is 0 Å². The number of hydrogen-bond acceptors (Lipinski definition) is 0. The van der Waals surface area contributed by atoms with Crippen LogP contribution < -0.4 is 15.0 Å². The minimum atomic E-state index is 1.08. The molecule has 0 atom stereocenters. The molecule has 0 spiro atoms. The summed E-state index contributed by atoms with van der Waals surface area (Å²) in [5.41, 5.74) is 0. The van der Waals surface area contributed by atoms with Crippen molar-refractivity contribution in [3.8, 4) is 0 Å². The minimum absolute atomic E-state index is 1.08. The van der Waals surface area contributed by atoms with Gasteiger partial charge >= 0.3 is 17.5 Å². The van der Waals surface area contributed by atoms with E-state index in [2.05, 4.69) is 21.9 Å². The Bertz CT molecular complexity index is 225. The fraction of sp³-hybridized carbons (Fsp3) is 0.625.